The summed E-state index contributed by atoms with van der Waals surface area (Å²) in [5.74, 6) is 0. The topological polar surface area (TPSA) is 66.6 Å². The van der Waals surface area contributed by atoms with Gasteiger partial charge in [-0.1, -0.05) is 12.8 Å². The molecule has 0 radical (unpaired) electrons. The molecule has 4 nitrogen and oxygen atoms in total. The van der Waals surface area contributed by atoms with Crippen molar-refractivity contribution in [1.29, 1.82) is 0 Å². The van der Waals surface area contributed by atoms with Gasteiger partial charge in [0, 0.05) is 7.05 Å². The van der Waals surface area contributed by atoms with Crippen molar-refractivity contribution >= 4 is 6.03 Å². The SMILES string of the molecule is CN(CC1(O)CCCC1)C(N)=O. The molecular formula is C8H16N2O2. The van der Waals surface area contributed by atoms with Crippen LogP contribution in [0.1, 0.15) is 25.7 Å². The summed E-state index contributed by atoms with van der Waals surface area (Å²) < 4.78 is 0. The van der Waals surface area contributed by atoms with Crippen LogP contribution in [0, 0.1) is 0 Å². The van der Waals surface area contributed by atoms with E-state index in [2.05, 4.69) is 0 Å². The first-order valence-electron chi connectivity index (χ1n) is 4.26. The Balaban J connectivity index is 2.43. The molecule has 1 fully saturated rings. The molecule has 12 heavy (non-hydrogen) atoms. The van der Waals surface area contributed by atoms with Gasteiger partial charge in [0.2, 0.25) is 0 Å². The van der Waals surface area contributed by atoms with Crippen LogP contribution in [0.4, 0.5) is 4.79 Å². The Kier molecular flexibility index (Phi) is 2.57. The van der Waals surface area contributed by atoms with Crippen LogP contribution in [-0.4, -0.2) is 35.2 Å². The lowest BCUT2D eigenvalue weighted by Crippen LogP contribution is -2.44. The fraction of sp³-hybridized carbons (Fsp3) is 0.875. The van der Waals surface area contributed by atoms with E-state index in [1.165, 1.54) is 4.90 Å². The monoisotopic (exact) mass is 172 g/mol. The number of urea groups is 1. The van der Waals surface area contributed by atoms with Crippen LogP contribution in [-0.2, 0) is 0 Å². The van der Waals surface area contributed by atoms with Crippen molar-refractivity contribution < 1.29 is 9.90 Å². The van der Waals surface area contributed by atoms with Gasteiger partial charge >= 0.3 is 6.03 Å². The van der Waals surface area contributed by atoms with E-state index >= 15 is 0 Å². The zero-order valence-corrected chi connectivity index (χ0v) is 7.42. The van der Waals surface area contributed by atoms with E-state index in [0.717, 1.165) is 25.7 Å². The average Bonchev–Trinajstić information content (AvgIpc) is 2.35. The van der Waals surface area contributed by atoms with E-state index in [4.69, 9.17) is 5.73 Å². The number of amides is 2. The van der Waals surface area contributed by atoms with Gasteiger partial charge in [-0.15, -0.1) is 0 Å². The number of rotatable bonds is 2. The number of nitrogens with zero attached hydrogens (tertiary/aromatic N) is 1. The molecule has 0 unspecified atom stereocenters. The maximum atomic E-state index is 10.7. The third-order valence-corrected chi connectivity index (χ3v) is 2.44. The van der Waals surface area contributed by atoms with Crippen LogP contribution in [0.25, 0.3) is 0 Å². The van der Waals surface area contributed by atoms with Crippen LogP contribution in [0.3, 0.4) is 0 Å². The smallest absolute Gasteiger partial charge is 0.314 e. The Hall–Kier alpha value is -0.770. The molecule has 0 heterocycles. The Morgan fingerprint density at radius 2 is 2.08 bits per heavy atom. The first kappa shape index (κ1) is 9.32. The number of likely N-dealkylation sites (N-methyl/N-ethyl adjacent to an activating group) is 1. The molecule has 0 atom stereocenters. The number of carbonyl (C=O) groups is 1. The molecular weight excluding hydrogens is 156 g/mol. The van der Waals surface area contributed by atoms with Gasteiger partial charge in [0.1, 0.15) is 0 Å². The van der Waals surface area contributed by atoms with Gasteiger partial charge in [-0.05, 0) is 12.8 Å². The van der Waals surface area contributed by atoms with E-state index in [0.29, 0.717) is 6.54 Å². The first-order valence-corrected chi connectivity index (χ1v) is 4.26. The van der Waals surface area contributed by atoms with Crippen molar-refractivity contribution in [2.75, 3.05) is 13.6 Å². The largest absolute Gasteiger partial charge is 0.388 e. The molecule has 4 heteroatoms. The molecule has 0 saturated heterocycles. The molecule has 1 aliphatic carbocycles. The quantitative estimate of drug-likeness (QED) is 0.629. The van der Waals surface area contributed by atoms with E-state index in [1.54, 1.807) is 7.05 Å². The molecule has 2 amide bonds. The van der Waals surface area contributed by atoms with Crippen LogP contribution < -0.4 is 5.73 Å². The summed E-state index contributed by atoms with van der Waals surface area (Å²) in [5.41, 5.74) is 4.37. The molecule has 3 N–H and O–H groups in total. The van der Waals surface area contributed by atoms with Crippen LogP contribution in [0.5, 0.6) is 0 Å². The molecule has 0 bridgehead atoms. The first-order chi connectivity index (χ1) is 5.53. The number of hydrogen-bond acceptors (Lipinski definition) is 2. The minimum absolute atomic E-state index is 0.363. The van der Waals surface area contributed by atoms with Crippen molar-refractivity contribution in [3.63, 3.8) is 0 Å². The highest BCUT2D eigenvalue weighted by Gasteiger charge is 2.32. The highest BCUT2D eigenvalue weighted by Crippen LogP contribution is 2.29. The van der Waals surface area contributed by atoms with E-state index in [9.17, 15) is 9.90 Å². The molecule has 0 aromatic carbocycles. The van der Waals surface area contributed by atoms with Crippen molar-refractivity contribution in [1.82, 2.24) is 4.90 Å². The molecule has 0 aromatic heterocycles. The summed E-state index contributed by atoms with van der Waals surface area (Å²) in [7, 11) is 1.61. The van der Waals surface area contributed by atoms with Crippen LogP contribution in [0.15, 0.2) is 0 Å². The zero-order valence-electron chi connectivity index (χ0n) is 7.42. The van der Waals surface area contributed by atoms with Gasteiger partial charge in [-0.25, -0.2) is 4.79 Å². The van der Waals surface area contributed by atoms with Crippen molar-refractivity contribution in [2.45, 2.75) is 31.3 Å². The fourth-order valence-electron chi connectivity index (χ4n) is 1.71. The molecule has 0 aliphatic heterocycles. The zero-order chi connectivity index (χ0) is 9.19. The summed E-state index contributed by atoms with van der Waals surface area (Å²) >= 11 is 0. The summed E-state index contributed by atoms with van der Waals surface area (Å²) in [4.78, 5) is 12.0. The summed E-state index contributed by atoms with van der Waals surface area (Å²) in [6.45, 7) is 0.363. The normalized spacial score (nSPS) is 20.8. The Morgan fingerprint density at radius 1 is 1.58 bits per heavy atom. The molecule has 1 aliphatic rings. The maximum Gasteiger partial charge on any atom is 0.314 e. The van der Waals surface area contributed by atoms with Crippen LogP contribution >= 0.6 is 0 Å². The number of hydrogen-bond donors (Lipinski definition) is 2. The molecule has 1 rings (SSSR count). The Morgan fingerprint density at radius 3 is 2.50 bits per heavy atom. The second kappa shape index (κ2) is 3.31. The van der Waals surface area contributed by atoms with Crippen LogP contribution in [0.2, 0.25) is 0 Å². The number of aliphatic hydroxyl groups is 1. The lowest BCUT2D eigenvalue weighted by Gasteiger charge is -2.27. The summed E-state index contributed by atoms with van der Waals surface area (Å²) in [6.07, 6.45) is 3.65. The maximum absolute atomic E-state index is 10.7. The standard InChI is InChI=1S/C8H16N2O2/c1-10(7(9)11)6-8(12)4-2-3-5-8/h12H,2-6H2,1H3,(H2,9,11). The predicted molar refractivity (Wildman–Crippen MR) is 45.6 cm³/mol. The van der Waals surface area contributed by atoms with Crippen molar-refractivity contribution in [3.8, 4) is 0 Å². The molecule has 0 aromatic rings. The predicted octanol–water partition coefficient (Wildman–Crippen LogP) is 0.302. The number of nitrogens with two attached hydrogens (primary N) is 1. The third kappa shape index (κ3) is 2.11. The second-order valence-electron chi connectivity index (χ2n) is 3.63. The fourth-order valence-corrected chi connectivity index (χ4v) is 1.71. The van der Waals surface area contributed by atoms with Gasteiger partial charge in [-0.3, -0.25) is 0 Å². The van der Waals surface area contributed by atoms with Gasteiger partial charge in [0.25, 0.3) is 0 Å². The number of carbonyl (C=O) groups excluding carboxylic acids is 1. The summed E-state index contributed by atoms with van der Waals surface area (Å²) in [6, 6.07) is -0.477. The number of primary amides is 1. The third-order valence-electron chi connectivity index (χ3n) is 2.44. The highest BCUT2D eigenvalue weighted by atomic mass is 16.3. The minimum Gasteiger partial charge on any atom is -0.388 e. The lowest BCUT2D eigenvalue weighted by atomic mass is 10.0. The minimum atomic E-state index is -0.677. The van der Waals surface area contributed by atoms with Gasteiger partial charge in [0.15, 0.2) is 0 Å². The highest BCUT2D eigenvalue weighted by molar-refractivity contribution is 5.71. The summed E-state index contributed by atoms with van der Waals surface area (Å²) in [5, 5.41) is 9.86. The second-order valence-corrected chi connectivity index (χ2v) is 3.63. The Labute approximate surface area is 72.3 Å². The van der Waals surface area contributed by atoms with Gasteiger partial charge in [0.05, 0.1) is 12.1 Å². The lowest BCUT2D eigenvalue weighted by molar-refractivity contribution is 0.0257. The van der Waals surface area contributed by atoms with Crippen molar-refractivity contribution in [3.05, 3.63) is 0 Å². The molecule has 1 saturated carbocycles. The van der Waals surface area contributed by atoms with E-state index < -0.39 is 11.6 Å². The van der Waals surface area contributed by atoms with Gasteiger partial charge < -0.3 is 15.7 Å². The van der Waals surface area contributed by atoms with Crippen molar-refractivity contribution in [2.24, 2.45) is 5.73 Å². The molecule has 70 valence electrons. The van der Waals surface area contributed by atoms with E-state index in [1.807, 2.05) is 0 Å². The van der Waals surface area contributed by atoms with E-state index in [-0.39, 0.29) is 0 Å². The van der Waals surface area contributed by atoms with Gasteiger partial charge in [-0.2, -0.15) is 0 Å². The Bertz CT molecular complexity index is 176. The average molecular weight is 172 g/mol. The molecule has 0 spiro atoms.